The molecule has 40 heavy (non-hydrogen) atoms. The number of nitrogens with two attached hydrogens (primary N) is 1. The second kappa shape index (κ2) is 20.7. The van der Waals surface area contributed by atoms with Crippen LogP contribution in [0.25, 0.3) is 0 Å². The van der Waals surface area contributed by atoms with Crippen molar-refractivity contribution in [2.24, 2.45) is 11.7 Å². The van der Waals surface area contributed by atoms with Gasteiger partial charge < -0.3 is 41.2 Å². The molecule has 0 bridgehead atoms. The van der Waals surface area contributed by atoms with Crippen LogP contribution >= 0.6 is 0 Å². The van der Waals surface area contributed by atoms with Crippen molar-refractivity contribution in [1.82, 2.24) is 16.0 Å². The van der Waals surface area contributed by atoms with E-state index in [1.807, 2.05) is 6.92 Å². The lowest BCUT2D eigenvalue weighted by atomic mass is 9.97. The monoisotopic (exact) mass is 561 g/mol. The smallest absolute Gasteiger partial charge is 0.312 e. The number of hydrogen-bond acceptors (Lipinski definition) is 7. The van der Waals surface area contributed by atoms with Crippen LogP contribution < -0.4 is 27.0 Å². The number of benzene rings is 1. The summed E-state index contributed by atoms with van der Waals surface area (Å²) in [5.41, 5.74) is 6.56. The highest BCUT2D eigenvalue weighted by Gasteiger charge is 2.28. The number of rotatable bonds is 21. The normalized spacial score (nSPS) is 12.4. The number of primary amides is 1. The molecule has 1 rings (SSSR count). The van der Waals surface area contributed by atoms with Gasteiger partial charge in [-0.05, 0) is 37.8 Å². The van der Waals surface area contributed by atoms with Crippen molar-refractivity contribution in [3.8, 4) is 0 Å². The van der Waals surface area contributed by atoms with Gasteiger partial charge in [0.2, 0.25) is 17.7 Å². The fourth-order valence-corrected chi connectivity index (χ4v) is 3.53. The fourth-order valence-electron chi connectivity index (χ4n) is 3.53. The van der Waals surface area contributed by atoms with E-state index in [4.69, 9.17) is 27.8 Å². The molecule has 5 amide bonds. The first-order chi connectivity index (χ1) is 19.2. The minimum atomic E-state index is -0.916. The Bertz CT molecular complexity index is 902. The fraction of sp³-hybridized carbons (Fsp3) is 0.630. The molecule has 0 spiro atoms. The van der Waals surface area contributed by atoms with E-state index in [9.17, 15) is 19.2 Å². The van der Waals surface area contributed by atoms with Crippen LogP contribution in [-0.4, -0.2) is 89.9 Å². The Balaban J connectivity index is 2.66. The summed E-state index contributed by atoms with van der Waals surface area (Å²) >= 11 is 0. The van der Waals surface area contributed by atoms with E-state index < -0.39 is 29.9 Å². The first-order valence-electron chi connectivity index (χ1n) is 13.6. The van der Waals surface area contributed by atoms with Gasteiger partial charge in [-0.2, -0.15) is 0 Å². The lowest BCUT2D eigenvalue weighted by Crippen LogP contribution is -2.54. The number of carbonyl (C=O) groups is 4. The van der Waals surface area contributed by atoms with Crippen molar-refractivity contribution in [1.29, 1.82) is 0 Å². The summed E-state index contributed by atoms with van der Waals surface area (Å²) in [6.07, 6.45) is 1.06. The minimum Gasteiger partial charge on any atom is -0.379 e. The van der Waals surface area contributed by atoms with Crippen LogP contribution in [0.1, 0.15) is 45.6 Å². The van der Waals surface area contributed by atoms with Crippen LogP contribution in [-0.2, 0) is 34.9 Å². The van der Waals surface area contributed by atoms with Gasteiger partial charge in [0.15, 0.2) is 0 Å². The maximum absolute atomic E-state index is 13.2. The number of urea groups is 1. The molecule has 0 saturated heterocycles. The number of ether oxygens (including phenoxy) is 3. The predicted molar refractivity (Wildman–Crippen MR) is 153 cm³/mol. The first-order valence-corrected chi connectivity index (χ1v) is 13.6. The molecule has 2 atom stereocenters. The van der Waals surface area contributed by atoms with Crippen molar-refractivity contribution in [2.45, 2.75) is 58.4 Å². The molecule has 12 nitrogen and oxygen atoms in total. The van der Waals surface area contributed by atoms with Crippen LogP contribution in [0.3, 0.4) is 0 Å². The van der Waals surface area contributed by atoms with Gasteiger partial charge in [0.1, 0.15) is 12.1 Å². The summed E-state index contributed by atoms with van der Waals surface area (Å²) in [5.74, 6) is -1.52. The lowest BCUT2D eigenvalue weighted by Gasteiger charge is -2.25. The molecule has 1 unspecified atom stereocenters. The SMILES string of the molecule is [B]Cc1ccc(NC(=O)[C@H](CCCNC(N)=O)NC(=O)C(NC(=O)CCOCCOCCOCC)C(C)C)cc1. The zero-order chi connectivity index (χ0) is 29.8. The summed E-state index contributed by atoms with van der Waals surface area (Å²) in [7, 11) is 5.63. The maximum Gasteiger partial charge on any atom is 0.312 e. The molecule has 13 heteroatoms. The Morgan fingerprint density at radius 3 is 2.10 bits per heavy atom. The quantitative estimate of drug-likeness (QED) is 0.109. The number of nitrogens with one attached hydrogen (secondary N) is 4. The second-order valence-corrected chi connectivity index (χ2v) is 9.35. The molecule has 0 aromatic heterocycles. The van der Waals surface area contributed by atoms with Crippen LogP contribution in [0.2, 0.25) is 0 Å². The second-order valence-electron chi connectivity index (χ2n) is 9.35. The highest BCUT2D eigenvalue weighted by molar-refractivity contribution is 6.08. The van der Waals surface area contributed by atoms with Crippen LogP contribution in [0.5, 0.6) is 0 Å². The van der Waals surface area contributed by atoms with Crippen LogP contribution in [0, 0.1) is 5.92 Å². The molecular formula is C27H44BN5O7. The van der Waals surface area contributed by atoms with Crippen molar-refractivity contribution in [3.05, 3.63) is 29.8 Å². The van der Waals surface area contributed by atoms with Gasteiger partial charge in [-0.15, -0.1) is 0 Å². The molecular weight excluding hydrogens is 517 g/mol. The third kappa shape index (κ3) is 15.4. The molecule has 0 aliphatic heterocycles. The van der Waals surface area contributed by atoms with Gasteiger partial charge in [0.05, 0.1) is 40.9 Å². The number of carbonyl (C=O) groups excluding carboxylic acids is 4. The minimum absolute atomic E-state index is 0.0664. The highest BCUT2D eigenvalue weighted by Crippen LogP contribution is 2.12. The van der Waals surface area contributed by atoms with E-state index in [-0.39, 0.29) is 37.8 Å². The van der Waals surface area contributed by atoms with Gasteiger partial charge >= 0.3 is 6.03 Å². The van der Waals surface area contributed by atoms with Crippen molar-refractivity contribution < 1.29 is 33.4 Å². The molecule has 6 N–H and O–H groups in total. The van der Waals surface area contributed by atoms with E-state index in [1.54, 1.807) is 38.1 Å². The zero-order valence-corrected chi connectivity index (χ0v) is 23.8. The molecule has 0 fully saturated rings. The van der Waals surface area contributed by atoms with Gasteiger partial charge in [-0.3, -0.25) is 14.4 Å². The Kier molecular flexibility index (Phi) is 18.1. The Morgan fingerprint density at radius 2 is 1.52 bits per heavy atom. The van der Waals surface area contributed by atoms with E-state index in [1.165, 1.54) is 0 Å². The Morgan fingerprint density at radius 1 is 0.900 bits per heavy atom. The third-order valence-electron chi connectivity index (χ3n) is 5.75. The zero-order valence-electron chi connectivity index (χ0n) is 23.8. The van der Waals surface area contributed by atoms with Crippen LogP contribution in [0.15, 0.2) is 24.3 Å². The Labute approximate surface area is 238 Å². The van der Waals surface area contributed by atoms with Gasteiger partial charge in [-0.1, -0.05) is 37.9 Å². The van der Waals surface area contributed by atoms with Crippen molar-refractivity contribution in [3.63, 3.8) is 0 Å². The topological polar surface area (TPSA) is 170 Å². The van der Waals surface area contributed by atoms with Crippen molar-refractivity contribution >= 4 is 37.3 Å². The maximum atomic E-state index is 13.2. The average Bonchev–Trinajstić information content (AvgIpc) is 2.92. The molecule has 0 aliphatic rings. The predicted octanol–water partition coefficient (Wildman–Crippen LogP) is 0.828. The van der Waals surface area contributed by atoms with E-state index in [2.05, 4.69) is 21.3 Å². The molecule has 0 saturated carbocycles. The van der Waals surface area contributed by atoms with E-state index >= 15 is 0 Å². The Hall–Kier alpha value is -3.16. The van der Waals surface area contributed by atoms with Gasteiger partial charge in [0.25, 0.3) is 0 Å². The largest absolute Gasteiger partial charge is 0.379 e. The summed E-state index contributed by atoms with van der Waals surface area (Å²) in [6, 6.07) is 4.58. The molecule has 1 aromatic carbocycles. The third-order valence-corrected chi connectivity index (χ3v) is 5.75. The summed E-state index contributed by atoms with van der Waals surface area (Å²) in [4.78, 5) is 49.7. The van der Waals surface area contributed by atoms with E-state index in [0.717, 1.165) is 5.56 Å². The molecule has 1 aromatic rings. The molecule has 0 aliphatic carbocycles. The first kappa shape index (κ1) is 34.9. The molecule has 2 radical (unpaired) electrons. The summed E-state index contributed by atoms with van der Waals surface area (Å²) in [6.45, 7) is 8.28. The molecule has 222 valence electrons. The van der Waals surface area contributed by atoms with Gasteiger partial charge in [0, 0.05) is 25.3 Å². The van der Waals surface area contributed by atoms with E-state index in [0.29, 0.717) is 51.5 Å². The van der Waals surface area contributed by atoms with Crippen LogP contribution in [0.4, 0.5) is 10.5 Å². The lowest BCUT2D eigenvalue weighted by molar-refractivity contribution is -0.132. The highest BCUT2D eigenvalue weighted by atomic mass is 16.5. The number of hydrogen-bond donors (Lipinski definition) is 5. The molecule has 0 heterocycles. The average molecular weight is 561 g/mol. The summed E-state index contributed by atoms with van der Waals surface area (Å²) < 4.78 is 16.0. The standard InChI is InChI=1S/C27H44BN5O7/c1-4-38-14-15-40-17-16-39-13-11-23(34)33-24(19(2)3)26(36)32-22(6-5-12-30-27(29)37)25(35)31-21-9-7-20(18-28)8-10-21/h7-10,19,22,24H,4-6,11-18H2,1-3H3,(H,31,35)(H,32,36)(H,33,34)(H3,29,30,37)/t22-,24?/m0/s1. The van der Waals surface area contributed by atoms with Gasteiger partial charge in [-0.25, -0.2) is 4.79 Å². The number of amides is 5. The van der Waals surface area contributed by atoms with Crippen molar-refractivity contribution in [2.75, 3.05) is 51.5 Å². The summed E-state index contributed by atoms with van der Waals surface area (Å²) in [5, 5.41) is 10.7. The number of anilines is 1.